The highest BCUT2D eigenvalue weighted by molar-refractivity contribution is 9.10. The number of hydrogen-bond donors (Lipinski definition) is 1. The van der Waals surface area contributed by atoms with Crippen molar-refractivity contribution in [2.24, 2.45) is 0 Å². The highest BCUT2D eigenvalue weighted by Gasteiger charge is 2.73. The molecule has 0 radical (unpaired) electrons. The first-order valence-electron chi connectivity index (χ1n) is 9.05. The van der Waals surface area contributed by atoms with E-state index in [1.54, 1.807) is 5.32 Å². The Morgan fingerprint density at radius 2 is 1.49 bits per heavy atom. The van der Waals surface area contributed by atoms with E-state index < -0.39 is 57.5 Å². The Bertz CT molecular complexity index is 1290. The zero-order chi connectivity index (χ0) is 26.6. The molecule has 1 N–H and O–H groups in total. The van der Waals surface area contributed by atoms with Crippen molar-refractivity contribution in [2.45, 2.75) is 24.2 Å². The van der Waals surface area contributed by atoms with Crippen LogP contribution < -0.4 is 10.0 Å². The maximum absolute atomic E-state index is 14.4. The molecule has 15 heteroatoms. The Balaban J connectivity index is 2.15. The van der Waals surface area contributed by atoms with Gasteiger partial charge in [-0.15, -0.1) is 0 Å². The summed E-state index contributed by atoms with van der Waals surface area (Å²) in [6, 6.07) is 5.46. The molecule has 1 amide bonds. The first kappa shape index (κ1) is 26.5. The van der Waals surface area contributed by atoms with E-state index in [0.717, 1.165) is 18.3 Å². The molecule has 35 heavy (non-hydrogen) atoms. The monoisotopic (exact) mass is 578 g/mol. The highest BCUT2D eigenvalue weighted by Crippen LogP contribution is 2.55. The summed E-state index contributed by atoms with van der Waals surface area (Å²) in [5, 5.41) is 14.0. The lowest BCUT2D eigenvalue weighted by Crippen LogP contribution is -2.50. The van der Waals surface area contributed by atoms with Gasteiger partial charge in [-0.3, -0.25) is 4.79 Å². The fraction of sp³-hybridized carbons (Fsp3) is 0.200. The van der Waals surface area contributed by atoms with E-state index in [4.69, 9.17) is 0 Å². The van der Waals surface area contributed by atoms with Crippen molar-refractivity contribution in [3.05, 3.63) is 75.0 Å². The quantitative estimate of drug-likeness (QED) is 0.211. The van der Waals surface area contributed by atoms with Crippen LogP contribution in [0.15, 0.2) is 53.1 Å². The summed E-state index contributed by atoms with van der Waals surface area (Å²) in [4.78, 5) is 12.6. The molecule has 0 spiro atoms. The van der Waals surface area contributed by atoms with E-state index in [1.807, 2.05) is 0 Å². The average Bonchev–Trinajstić information content (AvgIpc) is 2.72. The third-order valence-electron chi connectivity index (χ3n) is 4.84. The summed E-state index contributed by atoms with van der Waals surface area (Å²) < 4.78 is 133. The molecule has 0 saturated carbocycles. The van der Waals surface area contributed by atoms with Gasteiger partial charge in [0.25, 0.3) is 5.91 Å². The number of fused-ring (bicyclic) bond motifs is 1. The Morgan fingerprint density at radius 3 is 2.03 bits per heavy atom. The molecule has 0 bridgehead atoms. The zero-order valence-corrected chi connectivity index (χ0v) is 18.1. The Morgan fingerprint density at radius 1 is 0.886 bits per heavy atom. The second-order valence-electron chi connectivity index (χ2n) is 7.09. The summed E-state index contributed by atoms with van der Waals surface area (Å²) in [5.74, 6) is -1.28. The van der Waals surface area contributed by atoms with Crippen LogP contribution in [0.25, 0.3) is 10.9 Å². The van der Waals surface area contributed by atoms with Crippen molar-refractivity contribution in [1.29, 1.82) is 0 Å². The number of carbonyl (C=O) groups excluding carboxylic acids is 1. The summed E-state index contributed by atoms with van der Waals surface area (Å²) in [6.45, 7) is 0. The average molecular weight is 579 g/mol. The van der Waals surface area contributed by atoms with Crippen molar-refractivity contribution < 1.29 is 53.4 Å². The number of pyridine rings is 1. The molecule has 3 aromatic rings. The van der Waals surface area contributed by atoms with Crippen LogP contribution >= 0.6 is 15.9 Å². The predicted molar refractivity (Wildman–Crippen MR) is 105 cm³/mol. The van der Waals surface area contributed by atoms with Crippen LogP contribution in [-0.2, 0) is 11.8 Å². The molecule has 0 saturated heterocycles. The van der Waals surface area contributed by atoms with Gasteiger partial charge < -0.3 is 10.5 Å². The fourth-order valence-corrected chi connectivity index (χ4v) is 3.71. The fourth-order valence-electron chi connectivity index (χ4n) is 3.15. The molecule has 2 aromatic carbocycles. The minimum atomic E-state index is -6.66. The molecule has 0 unspecified atom stereocenters. The smallest absolute Gasteiger partial charge is 0.435 e. The van der Waals surface area contributed by atoms with E-state index in [9.17, 15) is 53.9 Å². The Hall–Kier alpha value is -3.10. The molecule has 0 aliphatic rings. The van der Waals surface area contributed by atoms with E-state index >= 15 is 0 Å². The van der Waals surface area contributed by atoms with Gasteiger partial charge in [-0.2, -0.15) is 44.2 Å². The van der Waals surface area contributed by atoms with Gasteiger partial charge in [0.2, 0.25) is 5.52 Å². The van der Waals surface area contributed by atoms with Crippen LogP contribution in [0.3, 0.4) is 0 Å². The van der Waals surface area contributed by atoms with Gasteiger partial charge >= 0.3 is 24.2 Å². The van der Waals surface area contributed by atoms with E-state index in [1.165, 1.54) is 18.2 Å². The maximum Gasteiger partial charge on any atom is 0.435 e. The lowest BCUT2D eigenvalue weighted by atomic mass is 9.92. The summed E-state index contributed by atoms with van der Waals surface area (Å²) in [7, 11) is 0. The largest absolute Gasteiger partial charge is 0.618 e. The van der Waals surface area contributed by atoms with Crippen LogP contribution in [0, 0.1) is 5.21 Å². The standard InChI is InChI=1S/C20H9BrF10N2O2/c21-13-8-11(17(22,19(26,27)28)20(29,30)31)7-12(18(23,24)25)15(13)32-16(34)10-4-3-9-2-1-5-33(35)14(9)6-10/h1-8H,(H,32,34). The zero-order valence-electron chi connectivity index (χ0n) is 16.5. The number of anilines is 1. The number of nitrogens with zero attached hydrogens (tertiary/aromatic N) is 1. The molecule has 0 aliphatic heterocycles. The second-order valence-corrected chi connectivity index (χ2v) is 7.95. The van der Waals surface area contributed by atoms with Gasteiger partial charge in [-0.25, -0.2) is 4.39 Å². The molecule has 3 rings (SSSR count). The van der Waals surface area contributed by atoms with E-state index in [0.29, 0.717) is 10.1 Å². The van der Waals surface area contributed by atoms with Crippen molar-refractivity contribution in [1.82, 2.24) is 0 Å². The first-order valence-corrected chi connectivity index (χ1v) is 9.84. The summed E-state index contributed by atoms with van der Waals surface area (Å²) in [6.07, 6.45) is -17.8. The molecule has 188 valence electrons. The van der Waals surface area contributed by atoms with E-state index in [2.05, 4.69) is 15.9 Å². The number of carbonyl (C=O) groups is 1. The number of alkyl halides is 10. The van der Waals surface area contributed by atoms with Crippen LogP contribution in [0.1, 0.15) is 21.5 Å². The molecule has 0 aliphatic carbocycles. The van der Waals surface area contributed by atoms with Gasteiger partial charge in [-0.1, -0.05) is 0 Å². The van der Waals surface area contributed by atoms with Crippen molar-refractivity contribution in [2.75, 3.05) is 5.32 Å². The first-order chi connectivity index (χ1) is 15.9. The number of hydrogen-bond acceptors (Lipinski definition) is 2. The van der Waals surface area contributed by atoms with Gasteiger partial charge in [0.1, 0.15) is 0 Å². The number of benzene rings is 2. The van der Waals surface area contributed by atoms with Gasteiger partial charge in [-0.05, 0) is 46.3 Å². The van der Waals surface area contributed by atoms with Crippen LogP contribution in [0.4, 0.5) is 49.6 Å². The third-order valence-corrected chi connectivity index (χ3v) is 5.47. The topological polar surface area (TPSA) is 56.0 Å². The lowest BCUT2D eigenvalue weighted by Gasteiger charge is -2.31. The van der Waals surface area contributed by atoms with E-state index in [-0.39, 0.29) is 17.1 Å². The highest BCUT2D eigenvalue weighted by atomic mass is 79.9. The van der Waals surface area contributed by atoms with Crippen LogP contribution in [0.2, 0.25) is 0 Å². The summed E-state index contributed by atoms with van der Waals surface area (Å²) >= 11 is 2.40. The third kappa shape index (κ3) is 4.73. The number of rotatable bonds is 3. The number of nitrogens with one attached hydrogen (secondary N) is 1. The van der Waals surface area contributed by atoms with Crippen molar-refractivity contribution in [3.63, 3.8) is 0 Å². The number of halogens is 11. The van der Waals surface area contributed by atoms with Crippen molar-refractivity contribution >= 4 is 38.4 Å². The molecular formula is C20H9BrF10N2O2. The molecular weight excluding hydrogens is 570 g/mol. The summed E-state index contributed by atoms with van der Waals surface area (Å²) in [5.41, 5.74) is -12.4. The van der Waals surface area contributed by atoms with Gasteiger partial charge in [0.15, 0.2) is 6.20 Å². The second kappa shape index (κ2) is 8.53. The lowest BCUT2D eigenvalue weighted by molar-refractivity contribution is -0.577. The molecule has 1 aromatic heterocycles. The molecule has 4 nitrogen and oxygen atoms in total. The van der Waals surface area contributed by atoms with Crippen LogP contribution in [0.5, 0.6) is 0 Å². The molecule has 1 heterocycles. The normalized spacial score (nSPS) is 13.2. The van der Waals surface area contributed by atoms with Gasteiger partial charge in [0, 0.05) is 33.1 Å². The predicted octanol–water partition coefficient (Wildman–Crippen LogP) is 6.80. The Labute approximate surface area is 196 Å². The molecule has 0 fully saturated rings. The number of aromatic nitrogens is 1. The van der Waals surface area contributed by atoms with Crippen molar-refractivity contribution in [3.8, 4) is 0 Å². The van der Waals surface area contributed by atoms with Crippen LogP contribution in [-0.4, -0.2) is 18.3 Å². The minimum absolute atomic E-state index is 0.0526. The maximum atomic E-state index is 14.4. The van der Waals surface area contributed by atoms with Gasteiger partial charge in [0.05, 0.1) is 11.3 Å². The molecule has 0 atom stereocenters. The SMILES string of the molecule is O=C(Nc1c(Br)cc(C(F)(C(F)(F)F)C(F)(F)F)cc1C(F)(F)F)c1ccc2ccc[n+]([O-])c2c1. The minimum Gasteiger partial charge on any atom is -0.618 e. The Kier molecular flexibility index (Phi) is 6.46. The number of amides is 1.